The maximum atomic E-state index is 11.1. The first kappa shape index (κ1) is 17.1. The van der Waals surface area contributed by atoms with Crippen LogP contribution in [0.4, 0.5) is 4.79 Å². The van der Waals surface area contributed by atoms with Gasteiger partial charge in [-0.05, 0) is 23.3 Å². The Balaban J connectivity index is 1.79. The lowest BCUT2D eigenvalue weighted by atomic mass is 9.94. The van der Waals surface area contributed by atoms with Crippen LogP contribution in [-0.2, 0) is 6.54 Å². The average molecular weight is 365 g/mol. The van der Waals surface area contributed by atoms with Gasteiger partial charge in [-0.3, -0.25) is 4.90 Å². The number of carboxylic acid groups (broad SMARTS) is 1. The fourth-order valence-corrected chi connectivity index (χ4v) is 3.55. The van der Waals surface area contributed by atoms with Gasteiger partial charge in [-0.25, -0.2) is 4.79 Å². The molecule has 3 rings (SSSR count). The number of benzene rings is 2. The molecule has 1 aliphatic rings. The van der Waals surface area contributed by atoms with Gasteiger partial charge in [-0.15, -0.1) is 0 Å². The van der Waals surface area contributed by atoms with Crippen LogP contribution < -0.4 is 5.32 Å². The number of halogens is 2. The van der Waals surface area contributed by atoms with Crippen molar-refractivity contribution < 1.29 is 9.90 Å². The highest BCUT2D eigenvalue weighted by atomic mass is 35.5. The molecule has 1 aliphatic heterocycles. The topological polar surface area (TPSA) is 52.6 Å². The summed E-state index contributed by atoms with van der Waals surface area (Å²) in [7, 11) is 0. The third-order valence-electron chi connectivity index (χ3n) is 4.33. The zero-order valence-electron chi connectivity index (χ0n) is 13.0. The summed E-state index contributed by atoms with van der Waals surface area (Å²) in [5, 5.41) is 12.8. The van der Waals surface area contributed by atoms with Crippen molar-refractivity contribution in [2.45, 2.75) is 18.5 Å². The number of carbonyl (C=O) groups is 1. The van der Waals surface area contributed by atoms with Gasteiger partial charge in [0.25, 0.3) is 0 Å². The van der Waals surface area contributed by atoms with Crippen molar-refractivity contribution >= 4 is 29.3 Å². The van der Waals surface area contributed by atoms with Crippen LogP contribution in [0.25, 0.3) is 0 Å². The van der Waals surface area contributed by atoms with E-state index in [9.17, 15) is 4.79 Å². The van der Waals surface area contributed by atoms with Crippen molar-refractivity contribution in [3.63, 3.8) is 0 Å². The second-order valence-corrected chi connectivity index (χ2v) is 6.83. The van der Waals surface area contributed by atoms with Crippen LogP contribution in [0, 0.1) is 0 Å². The van der Waals surface area contributed by atoms with Crippen LogP contribution in [0.1, 0.15) is 17.0 Å². The monoisotopic (exact) mass is 364 g/mol. The van der Waals surface area contributed by atoms with Crippen LogP contribution in [0.5, 0.6) is 0 Å². The van der Waals surface area contributed by atoms with E-state index in [4.69, 9.17) is 28.3 Å². The molecule has 1 amide bonds. The summed E-state index contributed by atoms with van der Waals surface area (Å²) in [6, 6.07) is 15.5. The van der Waals surface area contributed by atoms with Gasteiger partial charge in [0.05, 0.1) is 16.1 Å². The molecule has 2 aromatic carbocycles. The largest absolute Gasteiger partial charge is 0.465 e. The number of rotatable bonds is 4. The van der Waals surface area contributed by atoms with Crippen LogP contribution in [0.2, 0.25) is 10.0 Å². The van der Waals surface area contributed by atoms with E-state index >= 15 is 0 Å². The van der Waals surface area contributed by atoms with Gasteiger partial charge in [0.2, 0.25) is 0 Å². The molecule has 0 radical (unpaired) electrons. The lowest BCUT2D eigenvalue weighted by molar-refractivity contribution is 0.188. The molecule has 1 heterocycles. The van der Waals surface area contributed by atoms with Crippen molar-refractivity contribution in [2.75, 3.05) is 13.1 Å². The number of hydrogen-bond donors (Lipinski definition) is 2. The maximum Gasteiger partial charge on any atom is 0.404 e. The fourth-order valence-electron chi connectivity index (χ4n) is 3.24. The van der Waals surface area contributed by atoms with Crippen LogP contribution in [0.3, 0.4) is 0 Å². The van der Waals surface area contributed by atoms with Crippen molar-refractivity contribution in [1.29, 1.82) is 0 Å². The lowest BCUT2D eigenvalue weighted by Gasteiger charge is -2.19. The Kier molecular flexibility index (Phi) is 5.29. The van der Waals surface area contributed by atoms with E-state index in [1.54, 1.807) is 6.07 Å². The minimum atomic E-state index is -1.01. The first-order valence-corrected chi connectivity index (χ1v) is 8.49. The van der Waals surface area contributed by atoms with Crippen molar-refractivity contribution in [3.05, 3.63) is 69.7 Å². The Bertz CT molecular complexity index is 724. The van der Waals surface area contributed by atoms with Gasteiger partial charge in [-0.1, -0.05) is 59.6 Å². The fraction of sp³-hybridized carbons (Fsp3) is 0.278. The van der Waals surface area contributed by atoms with Gasteiger partial charge in [0.15, 0.2) is 0 Å². The van der Waals surface area contributed by atoms with Gasteiger partial charge >= 0.3 is 6.09 Å². The molecule has 0 spiro atoms. The van der Waals surface area contributed by atoms with E-state index in [0.29, 0.717) is 16.6 Å². The molecule has 0 aliphatic carbocycles. The normalized spacial score (nSPS) is 20.9. The third kappa shape index (κ3) is 4.01. The van der Waals surface area contributed by atoms with Gasteiger partial charge in [0, 0.05) is 25.6 Å². The molecule has 6 heteroatoms. The summed E-state index contributed by atoms with van der Waals surface area (Å²) in [4.78, 5) is 13.4. The van der Waals surface area contributed by atoms with Crippen LogP contribution >= 0.6 is 23.2 Å². The number of nitrogens with zero attached hydrogens (tertiary/aromatic N) is 1. The molecule has 0 bridgehead atoms. The van der Waals surface area contributed by atoms with E-state index in [0.717, 1.165) is 18.7 Å². The molecule has 24 heavy (non-hydrogen) atoms. The first-order valence-electron chi connectivity index (χ1n) is 7.73. The summed E-state index contributed by atoms with van der Waals surface area (Å²) in [5.74, 6) is 0.0413. The summed E-state index contributed by atoms with van der Waals surface area (Å²) in [5.41, 5.74) is 2.21. The average Bonchev–Trinajstić information content (AvgIpc) is 2.92. The first-order chi connectivity index (χ1) is 11.5. The van der Waals surface area contributed by atoms with E-state index in [2.05, 4.69) is 22.3 Å². The van der Waals surface area contributed by atoms with E-state index in [-0.39, 0.29) is 12.0 Å². The molecule has 2 N–H and O–H groups in total. The predicted molar refractivity (Wildman–Crippen MR) is 95.9 cm³/mol. The number of likely N-dealkylation sites (tertiary alicyclic amines) is 1. The highest BCUT2D eigenvalue weighted by molar-refractivity contribution is 6.42. The van der Waals surface area contributed by atoms with Gasteiger partial charge in [-0.2, -0.15) is 0 Å². The Morgan fingerprint density at radius 3 is 2.54 bits per heavy atom. The molecular formula is C18H18Cl2N2O2. The summed E-state index contributed by atoms with van der Waals surface area (Å²) >= 11 is 12.1. The second-order valence-electron chi connectivity index (χ2n) is 6.02. The van der Waals surface area contributed by atoms with Crippen molar-refractivity contribution in [3.8, 4) is 0 Å². The number of nitrogens with one attached hydrogen (secondary N) is 1. The number of hydrogen-bond acceptors (Lipinski definition) is 2. The molecule has 0 saturated carbocycles. The second kappa shape index (κ2) is 7.43. The highest BCUT2D eigenvalue weighted by Crippen LogP contribution is 2.32. The van der Waals surface area contributed by atoms with Crippen molar-refractivity contribution in [1.82, 2.24) is 10.2 Å². The van der Waals surface area contributed by atoms with Crippen LogP contribution in [-0.4, -0.2) is 35.2 Å². The third-order valence-corrected chi connectivity index (χ3v) is 5.06. The quantitative estimate of drug-likeness (QED) is 0.853. The zero-order chi connectivity index (χ0) is 17.1. The molecule has 1 saturated heterocycles. The van der Waals surface area contributed by atoms with Crippen LogP contribution in [0.15, 0.2) is 48.5 Å². The zero-order valence-corrected chi connectivity index (χ0v) is 14.5. The molecule has 0 unspecified atom stereocenters. The summed E-state index contributed by atoms with van der Waals surface area (Å²) in [6.45, 7) is 2.21. The molecule has 1 fully saturated rings. The molecule has 0 aromatic heterocycles. The summed E-state index contributed by atoms with van der Waals surface area (Å²) in [6.07, 6.45) is -1.01. The number of amides is 1. The molecular weight excluding hydrogens is 347 g/mol. The van der Waals surface area contributed by atoms with Gasteiger partial charge in [0.1, 0.15) is 0 Å². The summed E-state index contributed by atoms with van der Waals surface area (Å²) < 4.78 is 0. The van der Waals surface area contributed by atoms with E-state index < -0.39 is 6.09 Å². The van der Waals surface area contributed by atoms with E-state index in [1.807, 2.05) is 30.3 Å². The Labute approximate surface area is 151 Å². The lowest BCUT2D eigenvalue weighted by Crippen LogP contribution is -2.38. The predicted octanol–water partition coefficient (Wildman–Crippen LogP) is 4.23. The molecule has 126 valence electrons. The molecule has 4 nitrogen and oxygen atoms in total. The molecule has 2 aromatic rings. The Morgan fingerprint density at radius 1 is 1.12 bits per heavy atom. The molecule has 2 atom stereocenters. The smallest absolute Gasteiger partial charge is 0.404 e. The van der Waals surface area contributed by atoms with Gasteiger partial charge < -0.3 is 10.4 Å². The maximum absolute atomic E-state index is 11.1. The Hall–Kier alpha value is -1.75. The highest BCUT2D eigenvalue weighted by Gasteiger charge is 2.35. The minimum absolute atomic E-state index is 0.0413. The Morgan fingerprint density at radius 2 is 1.88 bits per heavy atom. The minimum Gasteiger partial charge on any atom is -0.465 e. The SMILES string of the molecule is O=C(O)N[C@@H]1CN(Cc2ccccc2)C[C@H]1c1ccc(Cl)c(Cl)c1. The van der Waals surface area contributed by atoms with E-state index in [1.165, 1.54) is 5.56 Å². The van der Waals surface area contributed by atoms with Crippen molar-refractivity contribution in [2.24, 2.45) is 0 Å². The standard InChI is InChI=1S/C18H18Cl2N2O2/c19-15-7-6-13(8-16(15)20)14-10-22(11-17(14)21-18(23)24)9-12-4-2-1-3-5-12/h1-8,14,17,21H,9-11H2,(H,23,24)/t14-,17+/m0/s1.